The second-order valence-electron chi connectivity index (χ2n) is 7.03. The van der Waals surface area contributed by atoms with Gasteiger partial charge in [0.2, 0.25) is 10.0 Å². The minimum atomic E-state index is -3.19. The van der Waals surface area contributed by atoms with Gasteiger partial charge in [-0.2, -0.15) is 0 Å². The van der Waals surface area contributed by atoms with Crippen molar-refractivity contribution in [3.8, 4) is 5.75 Å². The highest BCUT2D eigenvalue weighted by Crippen LogP contribution is 2.20. The SMILES string of the molecule is CCCS(=O)(=O)N1CCC(NC(=O)C(C)(C)Oc2ccc(F)cc2)CC1. The Balaban J connectivity index is 1.88. The van der Waals surface area contributed by atoms with E-state index < -0.39 is 15.6 Å². The lowest BCUT2D eigenvalue weighted by Gasteiger charge is -2.33. The van der Waals surface area contributed by atoms with Gasteiger partial charge >= 0.3 is 0 Å². The molecule has 26 heavy (non-hydrogen) atoms. The highest BCUT2D eigenvalue weighted by molar-refractivity contribution is 7.89. The van der Waals surface area contributed by atoms with Crippen molar-refractivity contribution in [1.82, 2.24) is 9.62 Å². The Hall–Kier alpha value is -1.67. The van der Waals surface area contributed by atoms with Gasteiger partial charge in [0.25, 0.3) is 5.91 Å². The Morgan fingerprint density at radius 3 is 2.38 bits per heavy atom. The van der Waals surface area contributed by atoms with Crippen LogP contribution >= 0.6 is 0 Å². The molecule has 8 heteroatoms. The van der Waals surface area contributed by atoms with E-state index in [1.165, 1.54) is 28.6 Å². The number of nitrogens with one attached hydrogen (secondary N) is 1. The van der Waals surface area contributed by atoms with Crippen LogP contribution in [0.25, 0.3) is 0 Å². The molecule has 146 valence electrons. The molecule has 0 spiro atoms. The van der Waals surface area contributed by atoms with Gasteiger partial charge in [-0.3, -0.25) is 4.79 Å². The summed E-state index contributed by atoms with van der Waals surface area (Å²) in [6.07, 6.45) is 1.73. The molecule has 2 rings (SSSR count). The number of nitrogens with zero attached hydrogens (tertiary/aromatic N) is 1. The van der Waals surface area contributed by atoms with Crippen LogP contribution in [0.2, 0.25) is 0 Å². The summed E-state index contributed by atoms with van der Waals surface area (Å²) in [5.41, 5.74) is -1.12. The third-order valence-electron chi connectivity index (χ3n) is 4.38. The minimum absolute atomic E-state index is 0.0910. The maximum Gasteiger partial charge on any atom is 0.263 e. The van der Waals surface area contributed by atoms with E-state index >= 15 is 0 Å². The third-order valence-corrected chi connectivity index (χ3v) is 6.45. The van der Waals surface area contributed by atoms with Crippen LogP contribution < -0.4 is 10.1 Å². The number of halogens is 1. The van der Waals surface area contributed by atoms with E-state index in [1.807, 2.05) is 6.92 Å². The lowest BCUT2D eigenvalue weighted by Crippen LogP contribution is -2.53. The Labute approximate surface area is 154 Å². The van der Waals surface area contributed by atoms with Crippen LogP contribution in [0.5, 0.6) is 5.75 Å². The molecule has 1 amide bonds. The Morgan fingerprint density at radius 2 is 1.85 bits per heavy atom. The van der Waals surface area contributed by atoms with E-state index in [2.05, 4.69) is 5.32 Å². The van der Waals surface area contributed by atoms with Gasteiger partial charge in [-0.15, -0.1) is 0 Å². The van der Waals surface area contributed by atoms with E-state index in [0.29, 0.717) is 38.1 Å². The third kappa shape index (κ3) is 5.41. The summed E-state index contributed by atoms with van der Waals surface area (Å²) in [6.45, 7) is 5.95. The van der Waals surface area contributed by atoms with Gasteiger partial charge in [-0.1, -0.05) is 6.92 Å². The summed E-state index contributed by atoms with van der Waals surface area (Å²) < 4.78 is 44.3. The lowest BCUT2D eigenvalue weighted by molar-refractivity contribution is -0.135. The average molecular weight is 386 g/mol. The van der Waals surface area contributed by atoms with Gasteiger partial charge in [0.15, 0.2) is 5.60 Å². The first kappa shape index (κ1) is 20.6. The zero-order valence-corrected chi connectivity index (χ0v) is 16.3. The number of rotatable bonds is 7. The zero-order valence-electron chi connectivity index (χ0n) is 15.5. The molecular weight excluding hydrogens is 359 g/mol. The molecule has 1 fully saturated rings. The topological polar surface area (TPSA) is 75.7 Å². The Bertz CT molecular complexity index is 711. The van der Waals surface area contributed by atoms with Crippen LogP contribution in [0.3, 0.4) is 0 Å². The van der Waals surface area contributed by atoms with Crippen LogP contribution in [-0.2, 0) is 14.8 Å². The lowest BCUT2D eigenvalue weighted by atomic mass is 10.0. The van der Waals surface area contributed by atoms with Crippen molar-refractivity contribution in [1.29, 1.82) is 0 Å². The maximum absolute atomic E-state index is 13.0. The van der Waals surface area contributed by atoms with E-state index in [9.17, 15) is 17.6 Å². The first-order valence-corrected chi connectivity index (χ1v) is 10.5. The number of carbonyl (C=O) groups excluding carboxylic acids is 1. The number of sulfonamides is 1. The van der Waals surface area contributed by atoms with Crippen LogP contribution in [0, 0.1) is 5.82 Å². The van der Waals surface area contributed by atoms with Crippen LogP contribution in [0.15, 0.2) is 24.3 Å². The predicted octanol–water partition coefficient (Wildman–Crippen LogP) is 2.30. The molecule has 1 aromatic carbocycles. The molecule has 1 aromatic rings. The summed E-state index contributed by atoms with van der Waals surface area (Å²) in [5, 5.41) is 2.94. The van der Waals surface area contributed by atoms with Crippen LogP contribution in [-0.4, -0.2) is 49.1 Å². The Kier molecular flexibility index (Phi) is 6.63. The van der Waals surface area contributed by atoms with Gasteiger partial charge in [0.05, 0.1) is 5.75 Å². The molecule has 1 aliphatic heterocycles. The number of carbonyl (C=O) groups is 1. The van der Waals surface area contributed by atoms with Crippen molar-refractivity contribution in [3.05, 3.63) is 30.1 Å². The van der Waals surface area contributed by atoms with E-state index in [4.69, 9.17) is 4.74 Å². The highest BCUT2D eigenvalue weighted by Gasteiger charge is 2.34. The largest absolute Gasteiger partial charge is 0.478 e. The highest BCUT2D eigenvalue weighted by atomic mass is 32.2. The summed E-state index contributed by atoms with van der Waals surface area (Å²) in [7, 11) is -3.19. The molecule has 0 radical (unpaired) electrons. The quantitative estimate of drug-likeness (QED) is 0.780. The van der Waals surface area contributed by atoms with Gasteiger partial charge in [-0.05, 0) is 57.4 Å². The molecular formula is C18H27FN2O4S. The summed E-state index contributed by atoms with van der Waals surface area (Å²) >= 11 is 0. The molecule has 0 aromatic heterocycles. The van der Waals surface area contributed by atoms with E-state index in [1.54, 1.807) is 13.8 Å². The van der Waals surface area contributed by atoms with Gasteiger partial charge in [-0.25, -0.2) is 17.1 Å². The number of ether oxygens (including phenoxy) is 1. The molecule has 1 N–H and O–H groups in total. The van der Waals surface area contributed by atoms with Crippen molar-refractivity contribution in [3.63, 3.8) is 0 Å². The number of piperidine rings is 1. The summed E-state index contributed by atoms with van der Waals surface area (Å²) in [4.78, 5) is 12.5. The van der Waals surface area contributed by atoms with Crippen molar-refractivity contribution in [2.24, 2.45) is 0 Å². The fraction of sp³-hybridized carbons (Fsp3) is 0.611. The first-order chi connectivity index (χ1) is 12.1. The van der Waals surface area contributed by atoms with Crippen molar-refractivity contribution >= 4 is 15.9 Å². The predicted molar refractivity (Wildman–Crippen MR) is 97.9 cm³/mol. The monoisotopic (exact) mass is 386 g/mol. The number of benzene rings is 1. The fourth-order valence-corrected chi connectivity index (χ4v) is 4.41. The molecule has 0 aliphatic carbocycles. The van der Waals surface area contributed by atoms with Gasteiger partial charge in [0.1, 0.15) is 11.6 Å². The maximum atomic E-state index is 13.0. The number of hydrogen-bond acceptors (Lipinski definition) is 4. The minimum Gasteiger partial charge on any atom is -0.478 e. The molecule has 1 aliphatic rings. The smallest absolute Gasteiger partial charge is 0.263 e. The molecule has 0 bridgehead atoms. The van der Waals surface area contributed by atoms with Crippen molar-refractivity contribution < 1.29 is 22.3 Å². The first-order valence-electron chi connectivity index (χ1n) is 8.87. The van der Waals surface area contributed by atoms with Gasteiger partial charge < -0.3 is 10.1 Å². The van der Waals surface area contributed by atoms with Gasteiger partial charge in [0, 0.05) is 19.1 Å². The average Bonchev–Trinajstić information content (AvgIpc) is 2.57. The molecule has 1 heterocycles. The standard InChI is InChI=1S/C18H27FN2O4S/c1-4-13-26(23,24)21-11-9-15(10-12-21)20-17(22)18(2,3)25-16-7-5-14(19)6-8-16/h5-8,15H,4,9-13H2,1-3H3,(H,20,22). The van der Waals surface area contributed by atoms with Crippen molar-refractivity contribution in [2.75, 3.05) is 18.8 Å². The fourth-order valence-electron chi connectivity index (χ4n) is 2.87. The number of amides is 1. The van der Waals surface area contributed by atoms with Crippen LogP contribution in [0.4, 0.5) is 4.39 Å². The molecule has 0 atom stereocenters. The molecule has 6 nitrogen and oxygen atoms in total. The normalized spacial score (nSPS) is 17.1. The zero-order chi connectivity index (χ0) is 19.4. The molecule has 0 saturated carbocycles. The Morgan fingerprint density at radius 1 is 1.27 bits per heavy atom. The summed E-state index contributed by atoms with van der Waals surface area (Å²) in [6, 6.07) is 5.40. The van der Waals surface area contributed by atoms with E-state index in [0.717, 1.165) is 0 Å². The van der Waals surface area contributed by atoms with E-state index in [-0.39, 0.29) is 23.5 Å². The second-order valence-corrected chi connectivity index (χ2v) is 9.12. The molecule has 0 unspecified atom stereocenters. The van der Waals surface area contributed by atoms with Crippen LogP contribution in [0.1, 0.15) is 40.0 Å². The number of hydrogen-bond donors (Lipinski definition) is 1. The summed E-state index contributed by atoms with van der Waals surface area (Å²) in [5.74, 6) is -0.0872. The molecule has 1 saturated heterocycles. The van der Waals surface area contributed by atoms with Crippen molar-refractivity contribution in [2.45, 2.75) is 51.7 Å². The second kappa shape index (κ2) is 8.35.